The van der Waals surface area contributed by atoms with Gasteiger partial charge in [0, 0.05) is 37.7 Å². The van der Waals surface area contributed by atoms with Crippen molar-refractivity contribution >= 4 is 11.6 Å². The lowest BCUT2D eigenvalue weighted by Gasteiger charge is -2.33. The zero-order chi connectivity index (χ0) is 18.6. The molecule has 5 nitrogen and oxygen atoms in total. The third-order valence-electron chi connectivity index (χ3n) is 5.44. The van der Waals surface area contributed by atoms with E-state index in [-0.39, 0.29) is 18.1 Å². The summed E-state index contributed by atoms with van der Waals surface area (Å²) in [6, 6.07) is 2.44. The van der Waals surface area contributed by atoms with E-state index in [1.54, 1.807) is 0 Å². The van der Waals surface area contributed by atoms with Crippen molar-refractivity contribution in [1.82, 2.24) is 5.43 Å². The maximum atomic E-state index is 14.3. The Labute approximate surface area is 152 Å². The molecule has 2 aliphatic rings. The Morgan fingerprint density at radius 2 is 1.88 bits per heavy atom. The van der Waals surface area contributed by atoms with Crippen molar-refractivity contribution in [1.29, 1.82) is 0 Å². The smallest absolute Gasteiger partial charge is 0.240 e. The van der Waals surface area contributed by atoms with Gasteiger partial charge in [0.25, 0.3) is 0 Å². The van der Waals surface area contributed by atoms with E-state index in [0.717, 1.165) is 24.0 Å². The second-order valence-corrected chi connectivity index (χ2v) is 7.10. The molecule has 1 aromatic rings. The first-order valence-electron chi connectivity index (χ1n) is 9.36. The van der Waals surface area contributed by atoms with Crippen molar-refractivity contribution in [2.45, 2.75) is 39.0 Å². The van der Waals surface area contributed by atoms with Gasteiger partial charge in [-0.1, -0.05) is 0 Å². The number of nitrogens with one attached hydrogen (secondary N) is 1. The molecule has 1 fully saturated rings. The summed E-state index contributed by atoms with van der Waals surface area (Å²) in [7, 11) is 0. The Kier molecular flexibility index (Phi) is 5.86. The van der Waals surface area contributed by atoms with E-state index < -0.39 is 11.6 Å². The number of likely N-dealkylation sites (tertiary alicyclic amines) is 1. The standard InChI is InChI=1S/C19H25F2N3O2/c1-2-24(8-3-4-9-24)10-5-11-26-19-15(20)12-14(13-16(19)21)17-6-7-18(25)23-22-17/h12-13H,2-11H2,1H3/p+1. The molecular formula is C19H26F2N3O2+. The number of hydrogen-bond donors (Lipinski definition) is 1. The van der Waals surface area contributed by atoms with Crippen LogP contribution in [0.1, 0.15) is 44.6 Å². The van der Waals surface area contributed by atoms with Gasteiger partial charge in [0.2, 0.25) is 5.91 Å². The van der Waals surface area contributed by atoms with Gasteiger partial charge >= 0.3 is 0 Å². The molecule has 1 N–H and O–H groups in total. The Bertz CT molecular complexity index is 677. The first-order chi connectivity index (χ1) is 12.5. The van der Waals surface area contributed by atoms with Gasteiger partial charge in [-0.25, -0.2) is 14.2 Å². The molecule has 2 heterocycles. The number of nitrogens with zero attached hydrogens (tertiary/aromatic N) is 2. The topological polar surface area (TPSA) is 50.7 Å². The fourth-order valence-electron chi connectivity index (χ4n) is 3.83. The average molecular weight is 366 g/mol. The molecule has 26 heavy (non-hydrogen) atoms. The number of hydrazone groups is 1. The molecule has 0 atom stereocenters. The minimum absolute atomic E-state index is 0.194. The highest BCUT2D eigenvalue weighted by Gasteiger charge is 2.29. The number of hydrogen-bond acceptors (Lipinski definition) is 3. The third-order valence-corrected chi connectivity index (χ3v) is 5.44. The van der Waals surface area contributed by atoms with Gasteiger partial charge in [-0.15, -0.1) is 0 Å². The number of carbonyl (C=O) groups excluding carboxylic acids is 1. The van der Waals surface area contributed by atoms with E-state index in [2.05, 4.69) is 17.5 Å². The van der Waals surface area contributed by atoms with Crippen molar-refractivity contribution in [3.8, 4) is 5.75 Å². The fourth-order valence-corrected chi connectivity index (χ4v) is 3.83. The molecule has 1 saturated heterocycles. The van der Waals surface area contributed by atoms with Crippen molar-refractivity contribution in [3.63, 3.8) is 0 Å². The minimum atomic E-state index is -0.736. The predicted octanol–water partition coefficient (Wildman–Crippen LogP) is 2.98. The number of amides is 1. The van der Waals surface area contributed by atoms with Crippen LogP contribution in [0.25, 0.3) is 0 Å². The summed E-state index contributed by atoms with van der Waals surface area (Å²) in [5.74, 6) is -2.00. The molecule has 0 radical (unpaired) electrons. The van der Waals surface area contributed by atoms with Crippen LogP contribution in [-0.2, 0) is 4.79 Å². The van der Waals surface area contributed by atoms with E-state index in [1.807, 2.05) is 0 Å². The van der Waals surface area contributed by atoms with Crippen LogP contribution in [0.15, 0.2) is 17.2 Å². The maximum Gasteiger partial charge on any atom is 0.240 e. The van der Waals surface area contributed by atoms with Crippen molar-refractivity contribution in [2.75, 3.05) is 32.8 Å². The van der Waals surface area contributed by atoms with Gasteiger partial charge in [-0.3, -0.25) is 4.79 Å². The normalized spacial score (nSPS) is 19.2. The molecule has 0 spiro atoms. The summed E-state index contributed by atoms with van der Waals surface area (Å²) in [5, 5.41) is 3.87. The van der Waals surface area contributed by atoms with Crippen LogP contribution in [0.4, 0.5) is 8.78 Å². The molecule has 1 amide bonds. The number of halogens is 2. The molecule has 0 aliphatic carbocycles. The summed E-state index contributed by atoms with van der Waals surface area (Å²) in [6.07, 6.45) is 3.90. The molecular weight excluding hydrogens is 340 g/mol. The molecule has 0 bridgehead atoms. The Morgan fingerprint density at radius 1 is 1.19 bits per heavy atom. The van der Waals surface area contributed by atoms with Gasteiger partial charge in [0.15, 0.2) is 17.4 Å². The first kappa shape index (κ1) is 18.8. The number of quaternary nitrogens is 1. The summed E-state index contributed by atoms with van der Waals surface area (Å²) in [4.78, 5) is 11.1. The van der Waals surface area contributed by atoms with Crippen LogP contribution >= 0.6 is 0 Å². The SMILES string of the molecule is CC[N+]1(CCCOc2c(F)cc(C3=NNC(=O)CC3)cc2F)CCCC1. The second kappa shape index (κ2) is 8.12. The highest BCUT2D eigenvalue weighted by molar-refractivity contribution is 6.04. The Morgan fingerprint density at radius 3 is 2.46 bits per heavy atom. The zero-order valence-corrected chi connectivity index (χ0v) is 15.2. The summed E-state index contributed by atoms with van der Waals surface area (Å²) in [6.45, 7) is 6.94. The van der Waals surface area contributed by atoms with Crippen molar-refractivity contribution in [2.24, 2.45) is 5.10 Å². The number of rotatable bonds is 7. The molecule has 3 rings (SSSR count). The first-order valence-corrected chi connectivity index (χ1v) is 9.36. The summed E-state index contributed by atoms with van der Waals surface area (Å²) < 4.78 is 35.1. The van der Waals surface area contributed by atoms with Crippen LogP contribution in [0, 0.1) is 11.6 Å². The lowest BCUT2D eigenvalue weighted by molar-refractivity contribution is -0.915. The quantitative estimate of drug-likeness (QED) is 0.596. The van der Waals surface area contributed by atoms with Crippen LogP contribution in [-0.4, -0.2) is 48.9 Å². The van der Waals surface area contributed by atoms with E-state index in [0.29, 0.717) is 24.3 Å². The Hall–Kier alpha value is -2.02. The van der Waals surface area contributed by atoms with E-state index >= 15 is 0 Å². The molecule has 142 valence electrons. The van der Waals surface area contributed by atoms with Gasteiger partial charge in [0.05, 0.1) is 38.5 Å². The number of carbonyl (C=O) groups is 1. The molecule has 1 aromatic carbocycles. The summed E-state index contributed by atoms with van der Waals surface area (Å²) >= 11 is 0. The minimum Gasteiger partial charge on any atom is -0.487 e. The number of benzene rings is 1. The predicted molar refractivity (Wildman–Crippen MR) is 95.0 cm³/mol. The van der Waals surface area contributed by atoms with E-state index in [1.165, 1.54) is 38.1 Å². The lowest BCUT2D eigenvalue weighted by Crippen LogP contribution is -2.46. The van der Waals surface area contributed by atoms with Crippen LogP contribution < -0.4 is 10.2 Å². The van der Waals surface area contributed by atoms with Crippen LogP contribution in [0.3, 0.4) is 0 Å². The lowest BCUT2D eigenvalue weighted by atomic mass is 10.0. The monoisotopic (exact) mass is 366 g/mol. The maximum absolute atomic E-state index is 14.3. The molecule has 2 aliphatic heterocycles. The van der Waals surface area contributed by atoms with E-state index in [4.69, 9.17) is 4.74 Å². The van der Waals surface area contributed by atoms with Crippen LogP contribution in [0.2, 0.25) is 0 Å². The summed E-state index contributed by atoms with van der Waals surface area (Å²) in [5.41, 5.74) is 3.14. The highest BCUT2D eigenvalue weighted by atomic mass is 19.1. The van der Waals surface area contributed by atoms with Crippen molar-refractivity contribution in [3.05, 3.63) is 29.3 Å². The van der Waals surface area contributed by atoms with Crippen molar-refractivity contribution < 1.29 is 22.8 Å². The van der Waals surface area contributed by atoms with Gasteiger partial charge in [-0.05, 0) is 19.1 Å². The van der Waals surface area contributed by atoms with Gasteiger partial charge in [0.1, 0.15) is 0 Å². The van der Waals surface area contributed by atoms with E-state index in [9.17, 15) is 13.6 Å². The highest BCUT2D eigenvalue weighted by Crippen LogP contribution is 2.25. The third kappa shape index (κ3) is 4.20. The molecule has 7 heteroatoms. The fraction of sp³-hybridized carbons (Fsp3) is 0.579. The molecule has 0 unspecified atom stereocenters. The van der Waals surface area contributed by atoms with Gasteiger partial charge < -0.3 is 9.22 Å². The second-order valence-electron chi connectivity index (χ2n) is 7.10. The zero-order valence-electron chi connectivity index (χ0n) is 15.2. The van der Waals surface area contributed by atoms with Gasteiger partial charge in [-0.2, -0.15) is 5.10 Å². The molecule has 0 saturated carbocycles. The average Bonchev–Trinajstić information content (AvgIpc) is 3.10. The van der Waals surface area contributed by atoms with Crippen LogP contribution in [0.5, 0.6) is 5.75 Å². The number of ether oxygens (including phenoxy) is 1. The largest absolute Gasteiger partial charge is 0.487 e. The Balaban J connectivity index is 1.59. The molecule has 0 aromatic heterocycles.